The minimum Gasteiger partial charge on any atom is -0.456 e. The highest BCUT2D eigenvalue weighted by Crippen LogP contribution is 2.21. The van der Waals surface area contributed by atoms with Crippen LogP contribution in [0.15, 0.2) is 71.8 Å². The Morgan fingerprint density at radius 3 is 2.34 bits per heavy atom. The lowest BCUT2D eigenvalue weighted by Gasteiger charge is -2.15. The maximum atomic E-state index is 12.5. The number of para-hydroxylation sites is 1. The molecule has 7 nitrogen and oxygen atoms in total. The second-order valence-electron chi connectivity index (χ2n) is 6.80. The SMILES string of the molecule is O=C(OCc1ccn(-c2ccccc2)n1)c1ccc(S(=O)(=O)N2CCCC2)cc1. The molecule has 0 N–H and O–H groups in total. The van der Waals surface area contributed by atoms with Gasteiger partial charge in [0.05, 0.1) is 16.1 Å². The second kappa shape index (κ2) is 8.18. The Hall–Kier alpha value is -2.97. The average Bonchev–Trinajstić information content (AvgIpc) is 3.45. The molecule has 0 amide bonds. The number of carbonyl (C=O) groups excluding carboxylic acids is 1. The number of aromatic nitrogens is 2. The molecule has 0 radical (unpaired) electrons. The van der Waals surface area contributed by atoms with Gasteiger partial charge in [0.1, 0.15) is 12.3 Å². The third-order valence-electron chi connectivity index (χ3n) is 4.81. The average molecular weight is 411 g/mol. The highest BCUT2D eigenvalue weighted by Gasteiger charge is 2.27. The molecule has 1 fully saturated rings. The Morgan fingerprint density at radius 1 is 0.966 bits per heavy atom. The fourth-order valence-corrected chi connectivity index (χ4v) is 4.74. The normalized spacial score (nSPS) is 14.8. The largest absolute Gasteiger partial charge is 0.456 e. The first-order valence-corrected chi connectivity index (χ1v) is 10.9. The van der Waals surface area contributed by atoms with E-state index in [0.29, 0.717) is 24.3 Å². The Kier molecular flexibility index (Phi) is 5.46. The summed E-state index contributed by atoms with van der Waals surface area (Å²) in [5.41, 5.74) is 1.84. The molecule has 0 bridgehead atoms. The van der Waals surface area contributed by atoms with Gasteiger partial charge in [-0.15, -0.1) is 0 Å². The van der Waals surface area contributed by atoms with Gasteiger partial charge < -0.3 is 4.74 Å². The third-order valence-corrected chi connectivity index (χ3v) is 6.72. The molecular weight excluding hydrogens is 390 g/mol. The van der Waals surface area contributed by atoms with E-state index in [4.69, 9.17) is 4.74 Å². The van der Waals surface area contributed by atoms with Crippen molar-refractivity contribution in [1.29, 1.82) is 0 Å². The molecule has 1 aliphatic heterocycles. The van der Waals surface area contributed by atoms with E-state index in [1.807, 2.05) is 30.3 Å². The van der Waals surface area contributed by atoms with E-state index in [0.717, 1.165) is 18.5 Å². The number of nitrogens with zero attached hydrogens (tertiary/aromatic N) is 3. The number of carbonyl (C=O) groups is 1. The minimum absolute atomic E-state index is 0.0342. The number of sulfonamides is 1. The maximum Gasteiger partial charge on any atom is 0.338 e. The van der Waals surface area contributed by atoms with Crippen molar-refractivity contribution in [3.63, 3.8) is 0 Å². The summed E-state index contributed by atoms with van der Waals surface area (Å²) in [5.74, 6) is -0.524. The van der Waals surface area contributed by atoms with Crippen LogP contribution in [0.3, 0.4) is 0 Å². The molecule has 29 heavy (non-hydrogen) atoms. The van der Waals surface area contributed by atoms with Gasteiger partial charge in [0.25, 0.3) is 0 Å². The Labute approximate surface area is 169 Å². The van der Waals surface area contributed by atoms with E-state index in [2.05, 4.69) is 5.10 Å². The van der Waals surface area contributed by atoms with Gasteiger partial charge in [0.15, 0.2) is 0 Å². The van der Waals surface area contributed by atoms with E-state index in [-0.39, 0.29) is 11.5 Å². The summed E-state index contributed by atoms with van der Waals surface area (Å²) < 4.78 is 33.6. The fourth-order valence-electron chi connectivity index (χ4n) is 3.23. The third kappa shape index (κ3) is 4.23. The van der Waals surface area contributed by atoms with Gasteiger partial charge >= 0.3 is 5.97 Å². The summed E-state index contributed by atoms with van der Waals surface area (Å²) in [7, 11) is -3.49. The van der Waals surface area contributed by atoms with Crippen LogP contribution in [0.5, 0.6) is 0 Å². The van der Waals surface area contributed by atoms with Crippen molar-refractivity contribution in [3.05, 3.63) is 78.1 Å². The lowest BCUT2D eigenvalue weighted by molar-refractivity contribution is 0.0467. The van der Waals surface area contributed by atoms with Crippen LogP contribution in [0, 0.1) is 0 Å². The van der Waals surface area contributed by atoms with Crippen LogP contribution in [0.2, 0.25) is 0 Å². The zero-order valence-electron chi connectivity index (χ0n) is 15.8. The van der Waals surface area contributed by atoms with Crippen LogP contribution in [0.25, 0.3) is 5.69 Å². The van der Waals surface area contributed by atoms with Crippen molar-refractivity contribution >= 4 is 16.0 Å². The van der Waals surface area contributed by atoms with Crippen molar-refractivity contribution in [2.24, 2.45) is 0 Å². The van der Waals surface area contributed by atoms with Crippen LogP contribution in [-0.2, 0) is 21.4 Å². The van der Waals surface area contributed by atoms with Crippen molar-refractivity contribution in [3.8, 4) is 5.69 Å². The highest BCUT2D eigenvalue weighted by atomic mass is 32.2. The van der Waals surface area contributed by atoms with Crippen LogP contribution in [0.1, 0.15) is 28.9 Å². The second-order valence-corrected chi connectivity index (χ2v) is 8.74. The monoisotopic (exact) mass is 411 g/mol. The van der Waals surface area contributed by atoms with Gasteiger partial charge in [0, 0.05) is 19.3 Å². The number of esters is 1. The summed E-state index contributed by atoms with van der Waals surface area (Å²) in [6, 6.07) is 17.3. The van der Waals surface area contributed by atoms with Crippen molar-refractivity contribution < 1.29 is 17.9 Å². The van der Waals surface area contributed by atoms with Crippen LogP contribution < -0.4 is 0 Å². The van der Waals surface area contributed by atoms with E-state index >= 15 is 0 Å². The first-order valence-electron chi connectivity index (χ1n) is 9.41. The summed E-state index contributed by atoms with van der Waals surface area (Å²) in [6.07, 6.45) is 3.56. The maximum absolute atomic E-state index is 12.5. The van der Waals surface area contributed by atoms with Gasteiger partial charge in [-0.2, -0.15) is 9.40 Å². The zero-order chi connectivity index (χ0) is 20.3. The summed E-state index contributed by atoms with van der Waals surface area (Å²) in [6.45, 7) is 1.12. The molecule has 0 aliphatic carbocycles. The minimum atomic E-state index is -3.49. The molecule has 150 valence electrons. The molecule has 1 saturated heterocycles. The fraction of sp³-hybridized carbons (Fsp3) is 0.238. The van der Waals surface area contributed by atoms with Crippen LogP contribution in [-0.4, -0.2) is 41.6 Å². The molecule has 3 aromatic rings. The van der Waals surface area contributed by atoms with Crippen molar-refractivity contribution in [1.82, 2.24) is 14.1 Å². The first-order chi connectivity index (χ1) is 14.0. The van der Waals surface area contributed by atoms with Gasteiger partial charge in [-0.25, -0.2) is 17.9 Å². The molecular formula is C21H21N3O4S. The summed E-state index contributed by atoms with van der Waals surface area (Å²) >= 11 is 0. The molecule has 0 unspecified atom stereocenters. The van der Waals surface area contributed by atoms with E-state index < -0.39 is 16.0 Å². The van der Waals surface area contributed by atoms with E-state index in [1.165, 1.54) is 28.6 Å². The molecule has 4 rings (SSSR count). The smallest absolute Gasteiger partial charge is 0.338 e. The molecule has 1 aromatic heterocycles. The Morgan fingerprint density at radius 2 is 1.66 bits per heavy atom. The molecule has 1 aliphatic rings. The predicted octanol–water partition coefficient (Wildman–Crippen LogP) is 3.01. The van der Waals surface area contributed by atoms with Gasteiger partial charge in [-0.1, -0.05) is 18.2 Å². The van der Waals surface area contributed by atoms with Gasteiger partial charge in [-0.05, 0) is 55.3 Å². The van der Waals surface area contributed by atoms with Crippen LogP contribution >= 0.6 is 0 Å². The predicted molar refractivity (Wildman–Crippen MR) is 107 cm³/mol. The zero-order valence-corrected chi connectivity index (χ0v) is 16.6. The highest BCUT2D eigenvalue weighted by molar-refractivity contribution is 7.89. The number of benzene rings is 2. The summed E-state index contributed by atoms with van der Waals surface area (Å²) in [4.78, 5) is 12.5. The topological polar surface area (TPSA) is 81.5 Å². The van der Waals surface area contributed by atoms with Gasteiger partial charge in [-0.3, -0.25) is 0 Å². The quantitative estimate of drug-likeness (QED) is 0.583. The Bertz CT molecular complexity index is 1090. The van der Waals surface area contributed by atoms with E-state index in [1.54, 1.807) is 16.9 Å². The van der Waals surface area contributed by atoms with Gasteiger partial charge in [0.2, 0.25) is 10.0 Å². The molecule has 0 atom stereocenters. The van der Waals surface area contributed by atoms with E-state index in [9.17, 15) is 13.2 Å². The molecule has 0 spiro atoms. The summed E-state index contributed by atoms with van der Waals surface area (Å²) in [5, 5.41) is 4.39. The van der Waals surface area contributed by atoms with Crippen molar-refractivity contribution in [2.45, 2.75) is 24.3 Å². The van der Waals surface area contributed by atoms with Crippen molar-refractivity contribution in [2.75, 3.05) is 13.1 Å². The number of ether oxygens (including phenoxy) is 1. The molecule has 2 aromatic carbocycles. The number of hydrogen-bond acceptors (Lipinski definition) is 5. The lowest BCUT2D eigenvalue weighted by Crippen LogP contribution is -2.27. The lowest BCUT2D eigenvalue weighted by atomic mass is 10.2. The first kappa shape index (κ1) is 19.4. The standard InChI is InChI=1S/C21H21N3O4S/c25-21(28-16-18-12-15-24(22-18)19-6-2-1-3-7-19)17-8-10-20(11-9-17)29(26,27)23-13-4-5-14-23/h1-3,6-12,15H,4-5,13-14,16H2. The Balaban J connectivity index is 1.38. The number of rotatable bonds is 6. The molecule has 8 heteroatoms. The molecule has 2 heterocycles. The number of hydrogen-bond donors (Lipinski definition) is 0. The van der Waals surface area contributed by atoms with Crippen LogP contribution in [0.4, 0.5) is 0 Å². The molecule has 0 saturated carbocycles.